The van der Waals surface area contributed by atoms with Gasteiger partial charge in [0.1, 0.15) is 5.82 Å². The zero-order valence-corrected chi connectivity index (χ0v) is 13.6. The van der Waals surface area contributed by atoms with Crippen molar-refractivity contribution in [1.29, 1.82) is 0 Å². The number of H-pyrrole nitrogens is 1. The molecule has 4 nitrogen and oxygen atoms in total. The van der Waals surface area contributed by atoms with Crippen molar-refractivity contribution in [3.05, 3.63) is 69.2 Å². The van der Waals surface area contributed by atoms with E-state index >= 15 is 0 Å². The number of nitrogens with one attached hydrogen (secondary N) is 1. The number of aromatic amines is 1. The van der Waals surface area contributed by atoms with E-state index in [9.17, 15) is 4.39 Å². The molecule has 0 spiro atoms. The Morgan fingerprint density at radius 3 is 2.82 bits per heavy atom. The van der Waals surface area contributed by atoms with Gasteiger partial charge in [-0.25, -0.2) is 9.49 Å². The summed E-state index contributed by atoms with van der Waals surface area (Å²) in [6.07, 6.45) is 1.64. The molecule has 22 heavy (non-hydrogen) atoms. The molecule has 0 amide bonds. The third-order valence-corrected chi connectivity index (χ3v) is 3.69. The molecule has 1 aromatic heterocycles. The molecule has 0 aliphatic rings. The molecule has 1 N–H and O–H groups in total. The summed E-state index contributed by atoms with van der Waals surface area (Å²) in [7, 11) is 0. The zero-order valence-electron chi connectivity index (χ0n) is 11.2. The van der Waals surface area contributed by atoms with E-state index in [1.165, 1.54) is 10.7 Å². The van der Waals surface area contributed by atoms with E-state index in [1.54, 1.807) is 24.4 Å². The van der Waals surface area contributed by atoms with Gasteiger partial charge in [0, 0.05) is 4.47 Å². The molecule has 0 radical (unpaired) electrons. The molecule has 0 bridgehead atoms. The summed E-state index contributed by atoms with van der Waals surface area (Å²) in [5, 5.41) is 11.0. The van der Waals surface area contributed by atoms with Crippen LogP contribution in [-0.2, 0) is 0 Å². The first kappa shape index (κ1) is 14.8. The summed E-state index contributed by atoms with van der Waals surface area (Å²) < 4.78 is 16.6. The Balaban J connectivity index is 2.04. The van der Waals surface area contributed by atoms with Gasteiger partial charge < -0.3 is 0 Å². The molecule has 7 heteroatoms. The third-order valence-electron chi connectivity index (χ3n) is 2.94. The summed E-state index contributed by atoms with van der Waals surface area (Å²) in [6, 6.07) is 14.0. The standard InChI is InChI=1S/C15H10BrFN4S/c16-11-5-3-4-10(8-11)9-18-21-14(19-20-15(21)22)12-6-1-2-7-13(12)17/h1-9H,(H,20,22)/b18-9-. The Kier molecular flexibility index (Phi) is 4.26. The molecule has 0 unspecified atom stereocenters. The number of rotatable bonds is 3. The van der Waals surface area contributed by atoms with Crippen LogP contribution in [0.3, 0.4) is 0 Å². The third kappa shape index (κ3) is 3.05. The van der Waals surface area contributed by atoms with Crippen LogP contribution in [0.1, 0.15) is 5.56 Å². The number of benzene rings is 2. The average Bonchev–Trinajstić information content (AvgIpc) is 2.87. The van der Waals surface area contributed by atoms with E-state index in [4.69, 9.17) is 12.2 Å². The second kappa shape index (κ2) is 6.33. The number of aromatic nitrogens is 3. The van der Waals surface area contributed by atoms with E-state index < -0.39 is 0 Å². The van der Waals surface area contributed by atoms with Gasteiger partial charge in [-0.3, -0.25) is 0 Å². The summed E-state index contributed by atoms with van der Waals surface area (Å²) in [5.41, 5.74) is 1.22. The van der Waals surface area contributed by atoms with Crippen molar-refractivity contribution >= 4 is 34.4 Å². The van der Waals surface area contributed by atoms with Crippen molar-refractivity contribution in [2.75, 3.05) is 0 Å². The van der Waals surface area contributed by atoms with Crippen molar-refractivity contribution in [2.24, 2.45) is 5.10 Å². The van der Waals surface area contributed by atoms with Gasteiger partial charge in [-0.15, -0.1) is 0 Å². The molecule has 0 saturated heterocycles. The Hall–Kier alpha value is -2.12. The maximum absolute atomic E-state index is 13.9. The molecule has 0 aliphatic carbocycles. The predicted molar refractivity (Wildman–Crippen MR) is 89.9 cm³/mol. The molecule has 110 valence electrons. The van der Waals surface area contributed by atoms with Crippen LogP contribution in [0.15, 0.2) is 58.1 Å². The highest BCUT2D eigenvalue weighted by Gasteiger charge is 2.12. The Bertz CT molecular complexity index is 900. The summed E-state index contributed by atoms with van der Waals surface area (Å²) in [5.74, 6) is -0.0512. The summed E-state index contributed by atoms with van der Waals surface area (Å²) in [6.45, 7) is 0. The summed E-state index contributed by atoms with van der Waals surface area (Å²) >= 11 is 8.56. The molecule has 3 rings (SSSR count). The maximum Gasteiger partial charge on any atom is 0.216 e. The van der Waals surface area contributed by atoms with Gasteiger partial charge in [0.25, 0.3) is 0 Å². The van der Waals surface area contributed by atoms with Gasteiger partial charge in [-0.2, -0.15) is 14.9 Å². The average molecular weight is 377 g/mol. The van der Waals surface area contributed by atoms with Crippen LogP contribution in [0.25, 0.3) is 11.4 Å². The first-order valence-electron chi connectivity index (χ1n) is 6.37. The van der Waals surface area contributed by atoms with E-state index in [1.807, 2.05) is 24.3 Å². The second-order valence-electron chi connectivity index (χ2n) is 4.44. The lowest BCUT2D eigenvalue weighted by molar-refractivity contribution is 0.628. The molecule has 0 aliphatic heterocycles. The van der Waals surface area contributed by atoms with E-state index in [0.29, 0.717) is 16.2 Å². The molecule has 0 saturated carbocycles. The van der Waals surface area contributed by atoms with E-state index in [2.05, 4.69) is 31.2 Å². The van der Waals surface area contributed by atoms with Crippen molar-refractivity contribution in [1.82, 2.24) is 14.9 Å². The van der Waals surface area contributed by atoms with Crippen LogP contribution in [0.5, 0.6) is 0 Å². The second-order valence-corrected chi connectivity index (χ2v) is 5.75. The van der Waals surface area contributed by atoms with Crippen molar-refractivity contribution in [2.45, 2.75) is 0 Å². The minimum absolute atomic E-state index is 0.296. The maximum atomic E-state index is 13.9. The molecule has 0 atom stereocenters. The Morgan fingerprint density at radius 2 is 2.05 bits per heavy atom. The number of hydrogen-bond acceptors (Lipinski definition) is 3. The van der Waals surface area contributed by atoms with Crippen molar-refractivity contribution in [3.8, 4) is 11.4 Å². The monoisotopic (exact) mass is 376 g/mol. The van der Waals surface area contributed by atoms with Crippen LogP contribution in [-0.4, -0.2) is 21.1 Å². The van der Waals surface area contributed by atoms with E-state index in [0.717, 1.165) is 10.0 Å². The summed E-state index contributed by atoms with van der Waals surface area (Å²) in [4.78, 5) is 0. The SMILES string of the molecule is Fc1ccccc1-c1n[nH]c(=S)n1/N=C\c1cccc(Br)c1. The van der Waals surface area contributed by atoms with Gasteiger partial charge in [0.05, 0.1) is 11.8 Å². The first-order chi connectivity index (χ1) is 10.6. The molecule has 2 aromatic carbocycles. The highest BCUT2D eigenvalue weighted by molar-refractivity contribution is 9.10. The molecular weight excluding hydrogens is 367 g/mol. The van der Waals surface area contributed by atoms with Crippen LogP contribution in [0.4, 0.5) is 4.39 Å². The molecule has 0 fully saturated rings. The lowest BCUT2D eigenvalue weighted by Crippen LogP contribution is -1.96. The highest BCUT2D eigenvalue weighted by atomic mass is 79.9. The van der Waals surface area contributed by atoms with Crippen LogP contribution in [0.2, 0.25) is 0 Å². The zero-order chi connectivity index (χ0) is 15.5. The van der Waals surface area contributed by atoms with Crippen LogP contribution < -0.4 is 0 Å². The van der Waals surface area contributed by atoms with Crippen molar-refractivity contribution in [3.63, 3.8) is 0 Å². The minimum atomic E-state index is -0.379. The smallest absolute Gasteiger partial charge is 0.216 e. The Morgan fingerprint density at radius 1 is 1.23 bits per heavy atom. The fourth-order valence-corrected chi connectivity index (χ4v) is 2.52. The number of hydrogen-bond donors (Lipinski definition) is 1. The van der Waals surface area contributed by atoms with Gasteiger partial charge in [0.15, 0.2) is 5.82 Å². The normalized spacial score (nSPS) is 11.2. The topological polar surface area (TPSA) is 46.0 Å². The van der Waals surface area contributed by atoms with Crippen LogP contribution >= 0.6 is 28.1 Å². The first-order valence-corrected chi connectivity index (χ1v) is 7.57. The predicted octanol–water partition coefficient (Wildman–Crippen LogP) is 4.39. The quantitative estimate of drug-likeness (QED) is 0.544. The lowest BCUT2D eigenvalue weighted by atomic mass is 10.2. The van der Waals surface area contributed by atoms with Gasteiger partial charge >= 0.3 is 0 Å². The number of nitrogens with zero attached hydrogens (tertiary/aromatic N) is 3. The molecule has 1 heterocycles. The van der Waals surface area contributed by atoms with Crippen LogP contribution in [0, 0.1) is 10.6 Å². The van der Waals surface area contributed by atoms with Gasteiger partial charge in [0.2, 0.25) is 4.77 Å². The fourth-order valence-electron chi connectivity index (χ4n) is 1.93. The Labute approximate surface area is 139 Å². The molecule has 3 aromatic rings. The molecular formula is C15H10BrFN4S. The van der Waals surface area contributed by atoms with Crippen molar-refractivity contribution < 1.29 is 4.39 Å². The largest absolute Gasteiger partial charge is 0.250 e. The van der Waals surface area contributed by atoms with Gasteiger partial charge in [-0.1, -0.05) is 40.2 Å². The fraction of sp³-hybridized carbons (Fsp3) is 0. The number of halogens is 2. The minimum Gasteiger partial charge on any atom is -0.250 e. The van der Waals surface area contributed by atoms with E-state index in [-0.39, 0.29) is 5.82 Å². The highest BCUT2D eigenvalue weighted by Crippen LogP contribution is 2.20. The lowest BCUT2D eigenvalue weighted by Gasteiger charge is -2.02. The van der Waals surface area contributed by atoms with Gasteiger partial charge in [-0.05, 0) is 42.0 Å².